The summed E-state index contributed by atoms with van der Waals surface area (Å²) in [6.07, 6.45) is 13.8. The first-order valence-electron chi connectivity index (χ1n) is 15.9. The van der Waals surface area contributed by atoms with Gasteiger partial charge in [0.15, 0.2) is 5.78 Å². The van der Waals surface area contributed by atoms with Crippen LogP contribution < -0.4 is 10.5 Å². The molecule has 0 aliphatic carbocycles. The van der Waals surface area contributed by atoms with Crippen molar-refractivity contribution in [1.82, 2.24) is 20.5 Å². The summed E-state index contributed by atoms with van der Waals surface area (Å²) >= 11 is 0. The zero-order valence-electron chi connectivity index (χ0n) is 25.4. The first-order chi connectivity index (χ1) is 19.9. The third kappa shape index (κ3) is 7.82. The molecule has 2 unspecified atom stereocenters. The second-order valence-corrected chi connectivity index (χ2v) is 12.7. The van der Waals surface area contributed by atoms with Gasteiger partial charge in [-0.1, -0.05) is 89.0 Å². The Labute approximate surface area is 246 Å². The Balaban J connectivity index is 1.53. The van der Waals surface area contributed by atoms with Crippen LogP contribution >= 0.6 is 0 Å². The molecule has 0 saturated carbocycles. The molecule has 4 rings (SSSR count). The predicted molar refractivity (Wildman–Crippen MR) is 164 cm³/mol. The van der Waals surface area contributed by atoms with Crippen molar-refractivity contribution < 1.29 is 18.6 Å². The number of hydrogen-bond donors (Lipinski definition) is 2. The summed E-state index contributed by atoms with van der Waals surface area (Å²) in [5.74, 6) is 0.170. The molecule has 2 aromatic rings. The minimum absolute atomic E-state index is 0.0508. The molecule has 1 aromatic heterocycles. The van der Waals surface area contributed by atoms with Gasteiger partial charge >= 0.3 is 6.62 Å². The molecule has 0 spiro atoms. The van der Waals surface area contributed by atoms with Crippen LogP contribution in [0.5, 0.6) is 0 Å². The summed E-state index contributed by atoms with van der Waals surface area (Å²) in [5, 5.41) is 6.86. The Morgan fingerprint density at radius 2 is 1.85 bits per heavy atom. The summed E-state index contributed by atoms with van der Waals surface area (Å²) in [6, 6.07) is 9.25. The van der Waals surface area contributed by atoms with Crippen molar-refractivity contribution in [3.05, 3.63) is 60.2 Å². The molecule has 2 saturated heterocycles. The fraction of sp³-hybridized carbons (Fsp3) is 0.625. The monoisotopic (exact) mass is 563 g/mol. The Hall–Kier alpha value is -2.62. The highest BCUT2D eigenvalue weighted by Crippen LogP contribution is 2.44. The highest BCUT2D eigenvalue weighted by atomic mass is 16.5. The van der Waals surface area contributed by atoms with Crippen LogP contribution in [0.1, 0.15) is 88.2 Å². The molecule has 1 aromatic carbocycles. The number of nitrogens with zero attached hydrogens (tertiary/aromatic N) is 3. The Morgan fingerprint density at radius 3 is 2.59 bits per heavy atom. The molecule has 2 aliphatic heterocycles. The number of carbonyl (C=O) groups is 2. The third-order valence-corrected chi connectivity index (χ3v) is 9.32. The third-order valence-electron chi connectivity index (χ3n) is 9.32. The number of ketones is 1. The van der Waals surface area contributed by atoms with Crippen molar-refractivity contribution in [1.29, 1.82) is 0 Å². The van der Waals surface area contributed by atoms with Gasteiger partial charge in [-0.05, 0) is 37.2 Å². The summed E-state index contributed by atoms with van der Waals surface area (Å²) in [6.45, 7) is 10.2. The molecule has 4 atom stereocenters. The molecule has 1 amide bonds. The lowest BCUT2D eigenvalue weighted by molar-refractivity contribution is -0.822. The van der Waals surface area contributed by atoms with E-state index in [1.54, 1.807) is 0 Å². The fourth-order valence-corrected chi connectivity index (χ4v) is 7.36. The Morgan fingerprint density at radius 1 is 1.07 bits per heavy atom. The lowest BCUT2D eigenvalue weighted by Crippen LogP contribution is -2.70. The SMILES string of the molecule is CCCCCCCC[N+]12CCN[B-]1([C@@H](CC(=O)[C@H](Cc1ccccc1)NC(=O)c1cnccn1)CC(C)C)OCC2. The average molecular weight is 564 g/mol. The van der Waals surface area contributed by atoms with E-state index in [2.05, 4.69) is 41.3 Å². The van der Waals surface area contributed by atoms with Crippen LogP contribution in [-0.4, -0.2) is 71.5 Å². The normalized spacial score (nSPS) is 23.3. The quantitative estimate of drug-likeness (QED) is 0.209. The van der Waals surface area contributed by atoms with Crippen LogP contribution in [-0.2, 0) is 15.9 Å². The molecule has 9 heteroatoms. The number of carbonyl (C=O) groups excluding carboxylic acids is 2. The molecular weight excluding hydrogens is 513 g/mol. The molecule has 41 heavy (non-hydrogen) atoms. The topological polar surface area (TPSA) is 93.2 Å². The summed E-state index contributed by atoms with van der Waals surface area (Å²) in [5.41, 5.74) is 1.23. The van der Waals surface area contributed by atoms with Gasteiger partial charge in [-0.15, -0.1) is 0 Å². The molecule has 8 nitrogen and oxygen atoms in total. The van der Waals surface area contributed by atoms with E-state index in [1.165, 1.54) is 57.1 Å². The second-order valence-electron chi connectivity index (χ2n) is 12.7. The number of aromatic nitrogens is 2. The van der Waals surface area contributed by atoms with Gasteiger partial charge in [0.1, 0.15) is 5.69 Å². The first kappa shape index (κ1) is 31.3. The summed E-state index contributed by atoms with van der Waals surface area (Å²) in [7, 11) is 0. The standard InChI is InChI=1S/C32H50BN5O3/c1-4-5-6-7-8-12-18-38-19-17-36-33(38,41-21-20-38)28(22-26(2)3)24-31(39)29(23-27-13-10-9-11-14-27)37-32(40)30-25-34-15-16-35-30/h9-11,13-16,25-26,28-29,36H,4-8,12,17-24H2,1-3H3,(H,37,40)/t28-,29+,33?,38?/m1/s1. The average Bonchev–Trinajstić information content (AvgIpc) is 3.51. The maximum absolute atomic E-state index is 14.2. The van der Waals surface area contributed by atoms with Crippen LogP contribution in [0.3, 0.4) is 0 Å². The van der Waals surface area contributed by atoms with E-state index >= 15 is 0 Å². The van der Waals surface area contributed by atoms with E-state index in [4.69, 9.17) is 4.65 Å². The number of nitrogens with one attached hydrogen (secondary N) is 2. The lowest BCUT2D eigenvalue weighted by atomic mass is 9.47. The van der Waals surface area contributed by atoms with Crippen LogP contribution in [0.4, 0.5) is 0 Å². The number of rotatable bonds is 17. The van der Waals surface area contributed by atoms with Crippen molar-refractivity contribution in [2.24, 2.45) is 5.92 Å². The van der Waals surface area contributed by atoms with E-state index in [0.29, 0.717) is 18.8 Å². The number of unbranched alkanes of at least 4 members (excludes halogenated alkanes) is 5. The highest BCUT2D eigenvalue weighted by molar-refractivity contribution is 6.67. The van der Waals surface area contributed by atoms with E-state index < -0.39 is 12.7 Å². The molecule has 2 aliphatic rings. The highest BCUT2D eigenvalue weighted by Gasteiger charge is 2.60. The van der Waals surface area contributed by atoms with Crippen LogP contribution in [0, 0.1) is 5.92 Å². The molecule has 224 valence electrons. The zero-order chi connectivity index (χ0) is 29.1. The van der Waals surface area contributed by atoms with Crippen molar-refractivity contribution in [2.45, 2.75) is 90.4 Å². The molecule has 2 fully saturated rings. The van der Waals surface area contributed by atoms with Gasteiger partial charge in [-0.3, -0.25) is 14.6 Å². The Kier molecular flexibility index (Phi) is 11.5. The van der Waals surface area contributed by atoms with E-state index in [-0.39, 0.29) is 23.2 Å². The lowest BCUT2D eigenvalue weighted by Gasteiger charge is -2.52. The van der Waals surface area contributed by atoms with Crippen LogP contribution in [0.15, 0.2) is 48.9 Å². The van der Waals surface area contributed by atoms with Crippen molar-refractivity contribution in [3.8, 4) is 0 Å². The van der Waals surface area contributed by atoms with Crippen LogP contribution in [0.2, 0.25) is 5.82 Å². The smallest absolute Gasteiger partial charge is 0.412 e. The van der Waals surface area contributed by atoms with E-state index in [0.717, 1.165) is 49.2 Å². The molecule has 3 heterocycles. The van der Waals surface area contributed by atoms with E-state index in [9.17, 15) is 9.59 Å². The minimum atomic E-state index is -1.42. The maximum atomic E-state index is 14.2. The number of quaternary nitrogens is 1. The van der Waals surface area contributed by atoms with Gasteiger partial charge in [0.2, 0.25) is 0 Å². The summed E-state index contributed by atoms with van der Waals surface area (Å²) in [4.78, 5) is 35.5. The molecular formula is C32H50BN5O3. The second kappa shape index (κ2) is 15.0. The zero-order valence-corrected chi connectivity index (χ0v) is 25.4. The van der Waals surface area contributed by atoms with Crippen LogP contribution in [0.25, 0.3) is 0 Å². The molecule has 0 radical (unpaired) electrons. The van der Waals surface area contributed by atoms with Crippen molar-refractivity contribution in [2.75, 3.05) is 32.8 Å². The molecule has 0 bridgehead atoms. The van der Waals surface area contributed by atoms with E-state index in [1.807, 2.05) is 30.3 Å². The maximum Gasteiger partial charge on any atom is 0.412 e. The number of fused-ring (bicyclic) bond motifs is 1. The van der Waals surface area contributed by atoms with Gasteiger partial charge in [0, 0.05) is 25.5 Å². The fourth-order valence-electron chi connectivity index (χ4n) is 7.36. The minimum Gasteiger partial charge on any atom is -0.521 e. The number of Topliss-reactive ketones (excluding diaryl/α,β-unsaturated/α-hetero) is 1. The van der Waals surface area contributed by atoms with Gasteiger partial charge in [-0.2, -0.15) is 0 Å². The largest absolute Gasteiger partial charge is 0.521 e. The predicted octanol–water partition coefficient (Wildman–Crippen LogP) is 4.94. The number of hydrogen-bond acceptors (Lipinski definition) is 6. The summed E-state index contributed by atoms with van der Waals surface area (Å²) < 4.78 is 7.71. The first-order valence-corrected chi connectivity index (χ1v) is 15.9. The number of benzene rings is 1. The van der Waals surface area contributed by atoms with Gasteiger partial charge in [0.05, 0.1) is 31.9 Å². The Bertz CT molecular complexity index is 1090. The molecule has 2 N–H and O–H groups in total. The van der Waals surface area contributed by atoms with Gasteiger partial charge in [0.25, 0.3) is 5.91 Å². The number of amides is 1. The van der Waals surface area contributed by atoms with Gasteiger partial charge in [-0.25, -0.2) is 4.98 Å². The van der Waals surface area contributed by atoms with Crippen molar-refractivity contribution in [3.63, 3.8) is 0 Å². The van der Waals surface area contributed by atoms with Gasteiger partial charge < -0.3 is 19.6 Å². The van der Waals surface area contributed by atoms with Crippen molar-refractivity contribution >= 4 is 18.3 Å².